The number of rotatable bonds is 8. The summed E-state index contributed by atoms with van der Waals surface area (Å²) in [5.41, 5.74) is 0.0597. The number of hydrogen-bond acceptors (Lipinski definition) is 10. The number of carboxylic acids is 1. The van der Waals surface area contributed by atoms with Gasteiger partial charge in [-0.3, -0.25) is 14.3 Å². The SMILES string of the molecule is CC(=O)NC[C@H]1CN(c2ccc(-c3cnc(O[C@@H]4COc5nc([N+](=O)[O-])cn5C4)c(C(=O)O)c3)c(F)c2)C(=O)O1. The molecule has 0 bridgehead atoms. The number of halogens is 1. The Morgan fingerprint density at radius 3 is 2.83 bits per heavy atom. The Morgan fingerprint density at radius 2 is 2.12 bits per heavy atom. The highest BCUT2D eigenvalue weighted by atomic mass is 19.1. The molecule has 16 heteroatoms. The Kier molecular flexibility index (Phi) is 6.89. The standard InChI is InChI=1S/C24H21FN6O9/c1-12(32)26-7-15-9-30(24(35)40-15)14-2-3-17(19(25)5-14)13-4-18(22(33)34)21(27-6-13)39-16-8-29-10-20(31(36)37)28-23(29)38-11-16/h2-6,10,15-16H,7-9,11H2,1H3,(H,26,32)(H,33,34)/t15-,16-/m0/s1. The minimum Gasteiger partial charge on any atom is -0.477 e. The minimum atomic E-state index is -1.37. The molecule has 1 fully saturated rings. The molecule has 5 rings (SSSR count). The highest BCUT2D eigenvalue weighted by Gasteiger charge is 2.33. The topological polar surface area (TPSA) is 188 Å². The van der Waals surface area contributed by atoms with Crippen LogP contribution in [0, 0.1) is 15.9 Å². The molecule has 40 heavy (non-hydrogen) atoms. The predicted molar refractivity (Wildman–Crippen MR) is 132 cm³/mol. The molecule has 1 aromatic carbocycles. The van der Waals surface area contributed by atoms with Gasteiger partial charge in [-0.1, -0.05) is 0 Å². The van der Waals surface area contributed by atoms with E-state index in [0.29, 0.717) is 0 Å². The number of carboxylic acid groups (broad SMARTS) is 1. The lowest BCUT2D eigenvalue weighted by molar-refractivity contribution is -0.389. The van der Waals surface area contributed by atoms with Crippen LogP contribution in [0.3, 0.4) is 0 Å². The van der Waals surface area contributed by atoms with Gasteiger partial charge in [0.15, 0.2) is 6.10 Å². The maximum atomic E-state index is 15.2. The van der Waals surface area contributed by atoms with Crippen LogP contribution in [-0.4, -0.2) is 74.4 Å². The molecule has 0 saturated carbocycles. The van der Waals surface area contributed by atoms with Gasteiger partial charge < -0.3 is 34.7 Å². The van der Waals surface area contributed by atoms with E-state index in [1.807, 2.05) is 0 Å². The van der Waals surface area contributed by atoms with Gasteiger partial charge in [0.2, 0.25) is 11.8 Å². The number of carbonyl (C=O) groups is 3. The summed E-state index contributed by atoms with van der Waals surface area (Å²) < 4.78 is 32.8. The Morgan fingerprint density at radius 1 is 1.32 bits per heavy atom. The number of fused-ring (bicyclic) bond motifs is 1. The second-order valence-corrected chi connectivity index (χ2v) is 8.94. The largest absolute Gasteiger partial charge is 0.477 e. The summed E-state index contributed by atoms with van der Waals surface area (Å²) >= 11 is 0. The van der Waals surface area contributed by atoms with Crippen molar-refractivity contribution in [2.45, 2.75) is 25.7 Å². The summed E-state index contributed by atoms with van der Waals surface area (Å²) in [4.78, 5) is 54.7. The van der Waals surface area contributed by atoms with Crippen LogP contribution >= 0.6 is 0 Å². The Balaban J connectivity index is 1.33. The highest BCUT2D eigenvalue weighted by molar-refractivity contribution is 5.92. The summed E-state index contributed by atoms with van der Waals surface area (Å²) in [5.74, 6) is -3.03. The molecule has 2 aliphatic rings. The summed E-state index contributed by atoms with van der Waals surface area (Å²) in [6.45, 7) is 1.60. The molecule has 2 N–H and O–H groups in total. The number of hydrogen-bond donors (Lipinski definition) is 2. The molecule has 1 saturated heterocycles. The number of amides is 2. The quantitative estimate of drug-likeness (QED) is 0.305. The van der Waals surface area contributed by atoms with Crippen molar-refractivity contribution in [1.29, 1.82) is 0 Å². The zero-order chi connectivity index (χ0) is 28.6. The van der Waals surface area contributed by atoms with Gasteiger partial charge in [-0.05, 0) is 29.2 Å². The Bertz CT molecular complexity index is 1530. The summed E-state index contributed by atoms with van der Waals surface area (Å²) in [5, 5.41) is 23.3. The fourth-order valence-corrected chi connectivity index (χ4v) is 4.24. The molecule has 208 valence electrons. The van der Waals surface area contributed by atoms with Crippen molar-refractivity contribution in [1.82, 2.24) is 19.9 Å². The average Bonchev–Trinajstić information content (AvgIpc) is 3.51. The molecule has 3 aromatic rings. The van der Waals surface area contributed by atoms with Crippen LogP contribution in [0.4, 0.5) is 20.7 Å². The van der Waals surface area contributed by atoms with E-state index >= 15 is 4.39 Å². The van der Waals surface area contributed by atoms with Crippen LogP contribution in [0.15, 0.2) is 36.7 Å². The van der Waals surface area contributed by atoms with Gasteiger partial charge in [0.1, 0.15) is 30.3 Å². The van der Waals surface area contributed by atoms with Crippen LogP contribution < -0.4 is 19.7 Å². The predicted octanol–water partition coefficient (Wildman–Crippen LogP) is 1.99. The first-order chi connectivity index (χ1) is 19.1. The van der Waals surface area contributed by atoms with Crippen molar-refractivity contribution >= 4 is 29.5 Å². The van der Waals surface area contributed by atoms with Gasteiger partial charge in [-0.2, -0.15) is 0 Å². The van der Waals surface area contributed by atoms with Crippen LogP contribution in [0.1, 0.15) is 17.3 Å². The molecule has 2 aliphatic heterocycles. The number of benzene rings is 1. The third-order valence-corrected chi connectivity index (χ3v) is 6.10. The first-order valence-corrected chi connectivity index (χ1v) is 11.9. The minimum absolute atomic E-state index is 0.0315. The van der Waals surface area contributed by atoms with Crippen LogP contribution in [0.2, 0.25) is 0 Å². The maximum Gasteiger partial charge on any atom is 0.414 e. The van der Waals surface area contributed by atoms with Crippen molar-refractivity contribution in [3.8, 4) is 23.0 Å². The van der Waals surface area contributed by atoms with Crippen LogP contribution in [-0.2, 0) is 16.1 Å². The van der Waals surface area contributed by atoms with Gasteiger partial charge in [0.05, 0.1) is 25.3 Å². The first-order valence-electron chi connectivity index (χ1n) is 11.9. The van der Waals surface area contributed by atoms with Crippen molar-refractivity contribution in [3.63, 3.8) is 0 Å². The molecule has 2 amide bonds. The number of aromatic carboxylic acids is 1. The molecule has 0 spiro atoms. The molecule has 2 aromatic heterocycles. The lowest BCUT2D eigenvalue weighted by Gasteiger charge is -2.23. The number of nitrogens with one attached hydrogen (secondary N) is 1. The molecule has 2 atom stereocenters. The molecular formula is C24H21FN6O9. The van der Waals surface area contributed by atoms with Crippen LogP contribution in [0.5, 0.6) is 11.9 Å². The number of nitro groups is 1. The fourth-order valence-electron chi connectivity index (χ4n) is 4.24. The number of carbonyl (C=O) groups excluding carboxylic acids is 2. The maximum absolute atomic E-state index is 15.2. The third kappa shape index (κ3) is 5.31. The van der Waals surface area contributed by atoms with Crippen molar-refractivity contribution in [3.05, 3.63) is 58.2 Å². The lowest BCUT2D eigenvalue weighted by atomic mass is 10.0. The summed E-state index contributed by atoms with van der Waals surface area (Å²) in [6, 6.07) is 5.21. The second kappa shape index (κ2) is 10.5. The van der Waals surface area contributed by atoms with E-state index in [-0.39, 0.29) is 66.4 Å². The van der Waals surface area contributed by atoms with Gasteiger partial charge in [0.25, 0.3) is 0 Å². The smallest absolute Gasteiger partial charge is 0.414 e. The summed E-state index contributed by atoms with van der Waals surface area (Å²) in [6.07, 6.45) is 0.395. The molecule has 0 radical (unpaired) electrons. The fraction of sp³-hybridized carbons (Fsp3) is 0.292. The summed E-state index contributed by atoms with van der Waals surface area (Å²) in [7, 11) is 0. The zero-order valence-corrected chi connectivity index (χ0v) is 20.8. The highest BCUT2D eigenvalue weighted by Crippen LogP contribution is 2.32. The molecule has 15 nitrogen and oxygen atoms in total. The van der Waals surface area contributed by atoms with E-state index in [0.717, 1.165) is 6.07 Å². The average molecular weight is 556 g/mol. The van der Waals surface area contributed by atoms with Gasteiger partial charge in [-0.15, -0.1) is 0 Å². The normalized spacial score (nSPS) is 17.9. The molecule has 0 unspecified atom stereocenters. The number of ether oxygens (including phenoxy) is 3. The van der Waals surface area contributed by atoms with Crippen molar-refractivity contribution in [2.24, 2.45) is 0 Å². The number of nitrogens with zero attached hydrogens (tertiary/aromatic N) is 5. The Hall–Kier alpha value is -5.28. The number of cyclic esters (lactones) is 1. The van der Waals surface area contributed by atoms with E-state index in [1.54, 1.807) is 0 Å². The van der Waals surface area contributed by atoms with E-state index < -0.39 is 40.8 Å². The number of pyridine rings is 1. The number of aromatic nitrogens is 3. The molecule has 0 aliphatic carbocycles. The monoisotopic (exact) mass is 556 g/mol. The molecule has 4 heterocycles. The van der Waals surface area contributed by atoms with E-state index in [1.165, 1.54) is 47.0 Å². The van der Waals surface area contributed by atoms with Crippen LogP contribution in [0.25, 0.3) is 11.1 Å². The van der Waals surface area contributed by atoms with Gasteiger partial charge in [0, 0.05) is 29.2 Å². The van der Waals surface area contributed by atoms with E-state index in [4.69, 9.17) is 14.2 Å². The first kappa shape index (κ1) is 26.3. The van der Waals surface area contributed by atoms with Crippen molar-refractivity contribution in [2.75, 3.05) is 24.6 Å². The third-order valence-electron chi connectivity index (χ3n) is 6.10. The van der Waals surface area contributed by atoms with Gasteiger partial charge in [-0.25, -0.2) is 19.0 Å². The zero-order valence-electron chi connectivity index (χ0n) is 20.8. The lowest BCUT2D eigenvalue weighted by Crippen LogP contribution is -2.35. The van der Waals surface area contributed by atoms with E-state index in [2.05, 4.69) is 15.3 Å². The Labute approximate surface area is 224 Å². The van der Waals surface area contributed by atoms with Gasteiger partial charge >= 0.3 is 23.9 Å². The number of anilines is 1. The van der Waals surface area contributed by atoms with E-state index in [9.17, 15) is 29.6 Å². The number of imidazole rings is 1. The second-order valence-electron chi connectivity index (χ2n) is 8.94. The molecular weight excluding hydrogens is 535 g/mol. The van der Waals surface area contributed by atoms with Crippen molar-refractivity contribution < 1.29 is 43.0 Å².